The average molecular weight is 414 g/mol. The van der Waals surface area contributed by atoms with E-state index in [0.717, 1.165) is 29.0 Å². The number of H-pyrrole nitrogens is 1. The lowest BCUT2D eigenvalue weighted by Gasteiger charge is -2.22. The molecule has 0 radical (unpaired) electrons. The lowest BCUT2D eigenvalue weighted by Crippen LogP contribution is -2.50. The molecule has 3 rings (SSSR count). The number of aromatic amines is 1. The first-order valence-corrected chi connectivity index (χ1v) is 9.83. The van der Waals surface area contributed by atoms with Crippen LogP contribution in [-0.4, -0.2) is 34.4 Å². The molecule has 3 aromatic rings. The van der Waals surface area contributed by atoms with Gasteiger partial charge in [0, 0.05) is 13.0 Å². The van der Waals surface area contributed by atoms with Crippen molar-refractivity contribution >= 4 is 22.8 Å². The number of hydrogen-bond donors (Lipinski definition) is 3. The minimum Gasteiger partial charge on any atom is -0.354 e. The Kier molecular flexibility index (Phi) is 6.76. The summed E-state index contributed by atoms with van der Waals surface area (Å²) in [6.45, 7) is 3.87. The maximum atomic E-state index is 13.8. The first kappa shape index (κ1) is 21.4. The third kappa shape index (κ3) is 5.00. The Morgan fingerprint density at radius 1 is 1.07 bits per heavy atom. The monoisotopic (exact) mass is 414 g/mol. The third-order valence-corrected chi connectivity index (χ3v) is 4.75. The summed E-state index contributed by atoms with van der Waals surface area (Å²) in [7, 11) is 0. The first-order chi connectivity index (χ1) is 14.4. The summed E-state index contributed by atoms with van der Waals surface area (Å²) in [5.74, 6) is -2.74. The normalized spacial score (nSPS) is 12.2. The number of aryl methyl sites for hydroxylation is 1. The number of rotatable bonds is 8. The average Bonchev–Trinajstić information content (AvgIpc) is 3.11. The third-order valence-electron chi connectivity index (χ3n) is 4.75. The Morgan fingerprint density at radius 3 is 2.43 bits per heavy atom. The van der Waals surface area contributed by atoms with Crippen molar-refractivity contribution in [3.8, 4) is 0 Å². The number of carbonyl (C=O) groups is 2. The molecule has 0 fully saturated rings. The predicted octanol–water partition coefficient (Wildman–Crippen LogP) is 3.34. The number of amides is 2. The number of hydrogen-bond acceptors (Lipinski definition) is 3. The number of aromatic nitrogens is 2. The highest BCUT2D eigenvalue weighted by Gasteiger charge is 2.27. The Labute approximate surface area is 173 Å². The van der Waals surface area contributed by atoms with Gasteiger partial charge in [-0.25, -0.2) is 13.8 Å². The van der Waals surface area contributed by atoms with Crippen LogP contribution in [0.5, 0.6) is 0 Å². The number of nitrogens with zero attached hydrogens (tertiary/aromatic N) is 1. The van der Waals surface area contributed by atoms with E-state index in [1.54, 1.807) is 13.8 Å². The maximum absolute atomic E-state index is 13.8. The number of carbonyl (C=O) groups excluding carboxylic acids is 2. The van der Waals surface area contributed by atoms with Crippen LogP contribution in [0, 0.1) is 17.6 Å². The summed E-state index contributed by atoms with van der Waals surface area (Å²) in [6.07, 6.45) is 1.29. The van der Waals surface area contributed by atoms with Crippen molar-refractivity contribution in [1.29, 1.82) is 0 Å². The topological polar surface area (TPSA) is 86.9 Å². The largest absolute Gasteiger partial charge is 0.354 e. The molecule has 0 aliphatic heterocycles. The van der Waals surface area contributed by atoms with Crippen molar-refractivity contribution in [3.05, 3.63) is 65.5 Å². The number of halogens is 2. The Balaban J connectivity index is 1.54. The van der Waals surface area contributed by atoms with Crippen molar-refractivity contribution in [2.24, 2.45) is 5.92 Å². The number of imidazole rings is 1. The van der Waals surface area contributed by atoms with E-state index in [1.165, 1.54) is 6.07 Å². The number of fused-ring (bicyclic) bond motifs is 1. The Hall–Kier alpha value is -3.29. The standard InChI is InChI=1S/C22H24F2N4O2/c1-13(2)20(28-21(29)19-14(23)7-5-8-15(19)24)22(30)25-12-6-11-18-26-16-9-3-4-10-17(16)27-18/h3-5,7-10,13,20H,6,11-12H2,1-2H3,(H,25,30)(H,26,27)(H,28,29). The molecule has 1 heterocycles. The van der Waals surface area contributed by atoms with Crippen LogP contribution >= 0.6 is 0 Å². The fourth-order valence-corrected chi connectivity index (χ4v) is 3.16. The van der Waals surface area contributed by atoms with Gasteiger partial charge in [0.25, 0.3) is 5.91 Å². The molecule has 0 saturated heterocycles. The zero-order valence-corrected chi connectivity index (χ0v) is 16.8. The van der Waals surface area contributed by atoms with Gasteiger partial charge in [-0.2, -0.15) is 0 Å². The van der Waals surface area contributed by atoms with Gasteiger partial charge in [0.1, 0.15) is 29.1 Å². The summed E-state index contributed by atoms with van der Waals surface area (Å²) >= 11 is 0. The van der Waals surface area contributed by atoms with Crippen molar-refractivity contribution in [2.45, 2.75) is 32.7 Å². The molecule has 0 saturated carbocycles. The van der Waals surface area contributed by atoms with Crippen LogP contribution in [0.4, 0.5) is 8.78 Å². The van der Waals surface area contributed by atoms with E-state index in [0.29, 0.717) is 19.4 Å². The van der Waals surface area contributed by atoms with Crippen LogP contribution in [-0.2, 0) is 11.2 Å². The zero-order chi connectivity index (χ0) is 21.7. The van der Waals surface area contributed by atoms with E-state index in [2.05, 4.69) is 20.6 Å². The molecule has 30 heavy (non-hydrogen) atoms. The molecule has 8 heteroatoms. The Morgan fingerprint density at radius 2 is 1.77 bits per heavy atom. The summed E-state index contributed by atoms with van der Waals surface area (Å²) in [5.41, 5.74) is 1.15. The molecule has 2 amide bonds. The molecule has 0 aliphatic rings. The summed E-state index contributed by atoms with van der Waals surface area (Å²) in [4.78, 5) is 32.6. The molecular formula is C22H24F2N4O2. The highest BCUT2D eigenvalue weighted by Crippen LogP contribution is 2.14. The summed E-state index contributed by atoms with van der Waals surface area (Å²) in [6, 6.07) is 9.98. The number of benzene rings is 2. The molecule has 0 spiro atoms. The van der Waals surface area contributed by atoms with Gasteiger partial charge < -0.3 is 15.6 Å². The maximum Gasteiger partial charge on any atom is 0.257 e. The predicted molar refractivity (Wildman–Crippen MR) is 110 cm³/mol. The summed E-state index contributed by atoms with van der Waals surface area (Å²) < 4.78 is 27.7. The SMILES string of the molecule is CC(C)C(NC(=O)c1c(F)cccc1F)C(=O)NCCCc1nc2ccccc2[nH]1. The highest BCUT2D eigenvalue weighted by molar-refractivity contribution is 5.98. The lowest BCUT2D eigenvalue weighted by atomic mass is 10.0. The van der Waals surface area contributed by atoms with Crippen LogP contribution < -0.4 is 10.6 Å². The van der Waals surface area contributed by atoms with Crippen molar-refractivity contribution in [2.75, 3.05) is 6.54 Å². The van der Waals surface area contributed by atoms with Gasteiger partial charge in [0.15, 0.2) is 0 Å². The second kappa shape index (κ2) is 9.47. The van der Waals surface area contributed by atoms with E-state index < -0.39 is 35.1 Å². The molecular weight excluding hydrogens is 390 g/mol. The van der Waals surface area contributed by atoms with Gasteiger partial charge in [0.05, 0.1) is 11.0 Å². The molecule has 1 unspecified atom stereocenters. The molecule has 158 valence electrons. The molecule has 1 atom stereocenters. The van der Waals surface area contributed by atoms with Gasteiger partial charge in [-0.1, -0.05) is 32.0 Å². The molecule has 3 N–H and O–H groups in total. The first-order valence-electron chi connectivity index (χ1n) is 9.83. The molecule has 0 bridgehead atoms. The number of nitrogens with one attached hydrogen (secondary N) is 3. The van der Waals surface area contributed by atoms with E-state index in [4.69, 9.17) is 0 Å². The zero-order valence-electron chi connectivity index (χ0n) is 16.8. The van der Waals surface area contributed by atoms with E-state index in [9.17, 15) is 18.4 Å². The van der Waals surface area contributed by atoms with Crippen molar-refractivity contribution in [1.82, 2.24) is 20.6 Å². The molecule has 2 aromatic carbocycles. The van der Waals surface area contributed by atoms with Crippen LogP contribution in [0.25, 0.3) is 11.0 Å². The second-order valence-electron chi connectivity index (χ2n) is 7.39. The highest BCUT2D eigenvalue weighted by atomic mass is 19.1. The van der Waals surface area contributed by atoms with Crippen LogP contribution in [0.3, 0.4) is 0 Å². The van der Waals surface area contributed by atoms with Gasteiger partial charge in [-0.15, -0.1) is 0 Å². The minimum atomic E-state index is -0.971. The van der Waals surface area contributed by atoms with Crippen molar-refractivity contribution < 1.29 is 18.4 Å². The molecule has 1 aromatic heterocycles. The van der Waals surface area contributed by atoms with Crippen LogP contribution in [0.2, 0.25) is 0 Å². The Bertz CT molecular complexity index is 995. The smallest absolute Gasteiger partial charge is 0.257 e. The molecule has 6 nitrogen and oxygen atoms in total. The van der Waals surface area contributed by atoms with Gasteiger partial charge >= 0.3 is 0 Å². The van der Waals surface area contributed by atoms with Crippen LogP contribution in [0.15, 0.2) is 42.5 Å². The minimum absolute atomic E-state index is 0.265. The second-order valence-corrected chi connectivity index (χ2v) is 7.39. The van der Waals surface area contributed by atoms with E-state index in [-0.39, 0.29) is 5.92 Å². The summed E-state index contributed by atoms with van der Waals surface area (Å²) in [5, 5.41) is 5.21. The quantitative estimate of drug-likeness (QED) is 0.494. The van der Waals surface area contributed by atoms with Gasteiger partial charge in [-0.05, 0) is 36.6 Å². The van der Waals surface area contributed by atoms with Gasteiger partial charge in [-0.3, -0.25) is 9.59 Å². The fourth-order valence-electron chi connectivity index (χ4n) is 3.16. The van der Waals surface area contributed by atoms with E-state index in [1.807, 2.05) is 24.3 Å². The van der Waals surface area contributed by atoms with Crippen molar-refractivity contribution in [3.63, 3.8) is 0 Å². The number of para-hydroxylation sites is 2. The van der Waals surface area contributed by atoms with E-state index >= 15 is 0 Å². The fraction of sp³-hybridized carbons (Fsp3) is 0.318. The molecule has 0 aliphatic carbocycles. The lowest BCUT2D eigenvalue weighted by molar-refractivity contribution is -0.123. The van der Waals surface area contributed by atoms with Crippen LogP contribution in [0.1, 0.15) is 36.5 Å². The van der Waals surface area contributed by atoms with Gasteiger partial charge in [0.2, 0.25) is 5.91 Å².